The summed E-state index contributed by atoms with van der Waals surface area (Å²) >= 11 is 1.09. The minimum atomic E-state index is 0.0661. The fourth-order valence-electron chi connectivity index (χ4n) is 3.56. The number of hydrogen-bond donors (Lipinski definition) is 0. The molecule has 0 unspecified atom stereocenters. The predicted octanol–water partition coefficient (Wildman–Crippen LogP) is 5.44. The van der Waals surface area contributed by atoms with Gasteiger partial charge in [-0.3, -0.25) is 4.79 Å². The molecule has 0 N–H and O–H groups in total. The summed E-state index contributed by atoms with van der Waals surface area (Å²) in [5.41, 5.74) is 5.14. The lowest BCUT2D eigenvalue weighted by atomic mass is 9.95. The maximum atomic E-state index is 12.6. The molecule has 4 nitrogen and oxygen atoms in total. The third-order valence-corrected chi connectivity index (χ3v) is 5.63. The van der Waals surface area contributed by atoms with Crippen molar-refractivity contribution >= 4 is 38.9 Å². The van der Waals surface area contributed by atoms with E-state index in [-0.39, 0.29) is 11.0 Å². The molecule has 1 atom stereocenters. The molecule has 2 heterocycles. The Labute approximate surface area is 156 Å². The quantitative estimate of drug-likeness (QED) is 0.452. The summed E-state index contributed by atoms with van der Waals surface area (Å²) in [5, 5.41) is 1.70. The van der Waals surface area contributed by atoms with Crippen molar-refractivity contribution in [1.82, 2.24) is 9.55 Å². The second-order valence-corrected chi connectivity index (χ2v) is 7.61. The van der Waals surface area contributed by atoms with Gasteiger partial charge in [-0.2, -0.15) is 0 Å². The molecule has 0 bridgehead atoms. The number of fused-ring (bicyclic) bond motifs is 2. The van der Waals surface area contributed by atoms with Crippen molar-refractivity contribution in [3.63, 3.8) is 0 Å². The van der Waals surface area contributed by atoms with E-state index in [9.17, 15) is 4.79 Å². The zero-order valence-electron chi connectivity index (χ0n) is 15.0. The van der Waals surface area contributed by atoms with Gasteiger partial charge < -0.3 is 8.98 Å². The van der Waals surface area contributed by atoms with Gasteiger partial charge in [0.1, 0.15) is 5.52 Å². The predicted molar refractivity (Wildman–Crippen MR) is 106 cm³/mol. The van der Waals surface area contributed by atoms with Crippen molar-refractivity contribution in [2.75, 3.05) is 0 Å². The first kappa shape index (κ1) is 16.9. The Bertz CT molecular complexity index is 1080. The van der Waals surface area contributed by atoms with E-state index >= 15 is 0 Å². The Morgan fingerprint density at radius 1 is 1.19 bits per heavy atom. The summed E-state index contributed by atoms with van der Waals surface area (Å²) in [4.78, 5) is 17.0. The second-order valence-electron chi connectivity index (χ2n) is 6.60. The van der Waals surface area contributed by atoms with Crippen LogP contribution in [0.25, 0.3) is 22.0 Å². The number of benzene rings is 2. The fraction of sp³-hybridized carbons (Fsp3) is 0.238. The number of hydrogen-bond acceptors (Lipinski definition) is 4. The first-order valence-electron chi connectivity index (χ1n) is 8.64. The number of thioether (sulfide) groups is 1. The minimum absolute atomic E-state index is 0.0661. The molecule has 5 heteroatoms. The molecule has 2 aromatic heterocycles. The van der Waals surface area contributed by atoms with Crippen LogP contribution in [0.15, 0.2) is 58.2 Å². The van der Waals surface area contributed by atoms with Gasteiger partial charge in [-0.1, -0.05) is 37.3 Å². The second kappa shape index (κ2) is 6.65. The Kier molecular flexibility index (Phi) is 4.32. The molecular weight excluding hydrogens is 344 g/mol. The van der Waals surface area contributed by atoms with E-state index in [2.05, 4.69) is 42.6 Å². The Hall–Kier alpha value is -2.53. The van der Waals surface area contributed by atoms with Crippen LogP contribution in [0.3, 0.4) is 0 Å². The standard InChI is InChI=1S/C21H20N2O2S/c1-13(20-14(2)23(3)17-10-6-4-8-15(17)20)12-19(24)26-21-22-16-9-5-7-11-18(16)25-21/h4-11,13H,12H2,1-3H3/t13-/m1/s1. The Balaban J connectivity index is 1.55. The van der Waals surface area contributed by atoms with Crippen LogP contribution in [0, 0.1) is 6.92 Å². The number of rotatable bonds is 4. The average molecular weight is 364 g/mol. The van der Waals surface area contributed by atoms with Crippen LogP contribution in [0.5, 0.6) is 0 Å². The Morgan fingerprint density at radius 2 is 1.92 bits per heavy atom. The van der Waals surface area contributed by atoms with E-state index in [1.807, 2.05) is 36.4 Å². The van der Waals surface area contributed by atoms with Gasteiger partial charge in [-0.05, 0) is 36.6 Å². The number of carbonyl (C=O) groups is 1. The van der Waals surface area contributed by atoms with Gasteiger partial charge in [0, 0.05) is 41.8 Å². The summed E-state index contributed by atoms with van der Waals surface area (Å²) in [6, 6.07) is 15.9. The highest BCUT2D eigenvalue weighted by molar-refractivity contribution is 8.13. The largest absolute Gasteiger partial charge is 0.431 e. The number of nitrogens with zero attached hydrogens (tertiary/aromatic N) is 2. The van der Waals surface area contributed by atoms with Crippen molar-refractivity contribution in [1.29, 1.82) is 0 Å². The molecule has 0 aliphatic rings. The minimum Gasteiger partial charge on any atom is -0.431 e. The molecule has 4 aromatic rings. The highest BCUT2D eigenvalue weighted by Gasteiger charge is 2.21. The van der Waals surface area contributed by atoms with Crippen LogP contribution >= 0.6 is 11.8 Å². The van der Waals surface area contributed by atoms with Crippen LogP contribution in [-0.2, 0) is 11.8 Å². The maximum absolute atomic E-state index is 12.6. The zero-order valence-corrected chi connectivity index (χ0v) is 15.8. The molecule has 132 valence electrons. The molecule has 0 spiro atoms. The van der Waals surface area contributed by atoms with Crippen molar-refractivity contribution < 1.29 is 9.21 Å². The van der Waals surface area contributed by atoms with E-state index in [4.69, 9.17) is 4.42 Å². The molecule has 4 rings (SSSR count). The summed E-state index contributed by atoms with van der Waals surface area (Å²) in [7, 11) is 2.07. The third-order valence-electron chi connectivity index (χ3n) is 4.89. The highest BCUT2D eigenvalue weighted by atomic mass is 32.2. The van der Waals surface area contributed by atoms with Crippen molar-refractivity contribution in [2.24, 2.45) is 7.05 Å². The molecule has 0 amide bonds. The maximum Gasteiger partial charge on any atom is 0.264 e. The van der Waals surface area contributed by atoms with Crippen LogP contribution < -0.4 is 0 Å². The lowest BCUT2D eigenvalue weighted by molar-refractivity contribution is -0.111. The third kappa shape index (κ3) is 2.92. The monoisotopic (exact) mass is 364 g/mol. The Morgan fingerprint density at radius 3 is 2.73 bits per heavy atom. The fourth-order valence-corrected chi connectivity index (χ4v) is 4.36. The molecule has 0 fully saturated rings. The lowest BCUT2D eigenvalue weighted by Crippen LogP contribution is -2.03. The zero-order chi connectivity index (χ0) is 18.3. The molecule has 0 saturated carbocycles. The van der Waals surface area contributed by atoms with Gasteiger partial charge in [0.15, 0.2) is 10.7 Å². The first-order valence-corrected chi connectivity index (χ1v) is 9.46. The normalized spacial score (nSPS) is 12.7. The van der Waals surface area contributed by atoms with Gasteiger partial charge in [-0.25, -0.2) is 4.98 Å². The van der Waals surface area contributed by atoms with E-state index in [0.29, 0.717) is 17.2 Å². The molecule has 26 heavy (non-hydrogen) atoms. The van der Waals surface area contributed by atoms with E-state index < -0.39 is 0 Å². The van der Waals surface area contributed by atoms with Crippen molar-refractivity contribution in [3.8, 4) is 0 Å². The lowest BCUT2D eigenvalue weighted by Gasteiger charge is -2.11. The van der Waals surface area contributed by atoms with Gasteiger partial charge in [0.2, 0.25) is 0 Å². The molecule has 0 aliphatic carbocycles. The SMILES string of the molecule is Cc1c([C@H](C)CC(=O)Sc2nc3ccccc3o2)c2ccccc2n1C. The van der Waals surface area contributed by atoms with Crippen molar-refractivity contribution in [3.05, 3.63) is 59.8 Å². The van der Waals surface area contributed by atoms with E-state index in [0.717, 1.165) is 17.3 Å². The van der Waals surface area contributed by atoms with Gasteiger partial charge in [0.05, 0.1) is 0 Å². The molecule has 0 radical (unpaired) electrons. The van der Waals surface area contributed by atoms with Crippen LogP contribution in [0.2, 0.25) is 0 Å². The smallest absolute Gasteiger partial charge is 0.264 e. The molecular formula is C21H20N2O2S. The number of para-hydroxylation sites is 3. The topological polar surface area (TPSA) is 48.0 Å². The number of carbonyl (C=O) groups excluding carboxylic acids is 1. The molecule has 2 aromatic carbocycles. The first-order chi connectivity index (χ1) is 12.5. The van der Waals surface area contributed by atoms with E-state index in [1.165, 1.54) is 22.2 Å². The number of oxazole rings is 1. The van der Waals surface area contributed by atoms with Crippen LogP contribution in [-0.4, -0.2) is 14.7 Å². The van der Waals surface area contributed by atoms with Gasteiger partial charge in [-0.15, -0.1) is 0 Å². The van der Waals surface area contributed by atoms with Crippen molar-refractivity contribution in [2.45, 2.75) is 31.4 Å². The number of aromatic nitrogens is 2. The van der Waals surface area contributed by atoms with E-state index in [1.54, 1.807) is 0 Å². The molecule has 0 saturated heterocycles. The summed E-state index contributed by atoms with van der Waals surface area (Å²) in [6.45, 7) is 4.23. The summed E-state index contributed by atoms with van der Waals surface area (Å²) in [5.74, 6) is 0.130. The molecule has 0 aliphatic heterocycles. The van der Waals surface area contributed by atoms with Crippen LogP contribution in [0.4, 0.5) is 0 Å². The van der Waals surface area contributed by atoms with Crippen LogP contribution in [0.1, 0.15) is 30.5 Å². The summed E-state index contributed by atoms with van der Waals surface area (Å²) < 4.78 is 7.84. The number of aryl methyl sites for hydroxylation is 1. The summed E-state index contributed by atoms with van der Waals surface area (Å²) in [6.07, 6.45) is 0.443. The highest BCUT2D eigenvalue weighted by Crippen LogP contribution is 2.35. The average Bonchev–Trinajstić information content (AvgIpc) is 3.13. The van der Waals surface area contributed by atoms with Gasteiger partial charge >= 0.3 is 0 Å². The van der Waals surface area contributed by atoms with Gasteiger partial charge in [0.25, 0.3) is 5.22 Å².